The summed E-state index contributed by atoms with van der Waals surface area (Å²) in [5.74, 6) is 0. The van der Waals surface area contributed by atoms with E-state index in [0.717, 1.165) is 25.7 Å². The number of hydrogen-bond acceptors (Lipinski definition) is 6. The molecule has 6 nitrogen and oxygen atoms in total. The van der Waals surface area contributed by atoms with Crippen LogP contribution in [0, 0.1) is 0 Å². The summed E-state index contributed by atoms with van der Waals surface area (Å²) in [5.41, 5.74) is 0. The van der Waals surface area contributed by atoms with Crippen molar-refractivity contribution in [3.8, 4) is 0 Å². The van der Waals surface area contributed by atoms with Gasteiger partial charge in [-0.3, -0.25) is 0 Å². The molecule has 0 spiro atoms. The van der Waals surface area contributed by atoms with E-state index in [1.807, 2.05) is 0 Å². The van der Waals surface area contributed by atoms with Gasteiger partial charge in [-0.25, -0.2) is 0 Å². The summed E-state index contributed by atoms with van der Waals surface area (Å²) >= 11 is 0. The van der Waals surface area contributed by atoms with Crippen LogP contribution in [0.1, 0.15) is 104 Å². The van der Waals surface area contributed by atoms with Crippen LogP contribution in [0.2, 0.25) is 0 Å². The van der Waals surface area contributed by atoms with Crippen molar-refractivity contribution < 1.29 is 29.2 Å². The predicted octanol–water partition coefficient (Wildman–Crippen LogP) is 5.28. The number of aliphatic hydroxyl groups excluding tert-OH is 2. The summed E-state index contributed by atoms with van der Waals surface area (Å²) in [4.78, 5) is 0. The Morgan fingerprint density at radius 2 is 0.812 bits per heavy atom. The molecule has 32 heavy (non-hydrogen) atoms. The molecule has 0 fully saturated rings. The van der Waals surface area contributed by atoms with Crippen LogP contribution in [-0.2, 0) is 18.9 Å². The molecule has 0 bridgehead atoms. The summed E-state index contributed by atoms with van der Waals surface area (Å²) in [6.07, 6.45) is 16.7. The SMILES string of the molecule is CCCCCCCC[C@@H](CO)OCCOCCOCCO[C@H](CO)CCCCCCCC. The van der Waals surface area contributed by atoms with Crippen molar-refractivity contribution in [1.82, 2.24) is 0 Å². The van der Waals surface area contributed by atoms with Gasteiger partial charge in [0.25, 0.3) is 0 Å². The number of hydrogen-bond donors (Lipinski definition) is 2. The maximum atomic E-state index is 9.42. The molecular weight excluding hydrogens is 408 g/mol. The van der Waals surface area contributed by atoms with E-state index < -0.39 is 0 Å². The largest absolute Gasteiger partial charge is 0.394 e. The molecule has 2 N–H and O–H groups in total. The summed E-state index contributed by atoms with van der Waals surface area (Å²) in [6.45, 7) is 7.67. The predicted molar refractivity (Wildman–Crippen MR) is 131 cm³/mol. The maximum Gasteiger partial charge on any atom is 0.0806 e. The molecule has 0 unspecified atom stereocenters. The fourth-order valence-electron chi connectivity index (χ4n) is 3.63. The van der Waals surface area contributed by atoms with E-state index in [4.69, 9.17) is 18.9 Å². The van der Waals surface area contributed by atoms with Crippen LogP contribution in [0.5, 0.6) is 0 Å². The van der Waals surface area contributed by atoms with Crippen molar-refractivity contribution in [3.63, 3.8) is 0 Å². The Morgan fingerprint density at radius 1 is 0.469 bits per heavy atom. The van der Waals surface area contributed by atoms with Crippen molar-refractivity contribution in [3.05, 3.63) is 0 Å². The molecule has 0 aromatic heterocycles. The third-order valence-corrected chi connectivity index (χ3v) is 5.70. The fourth-order valence-corrected chi connectivity index (χ4v) is 3.63. The quantitative estimate of drug-likeness (QED) is 0.162. The number of ether oxygens (including phenoxy) is 4. The van der Waals surface area contributed by atoms with Gasteiger partial charge >= 0.3 is 0 Å². The van der Waals surface area contributed by atoms with E-state index in [1.165, 1.54) is 64.2 Å². The molecule has 0 aromatic rings. The van der Waals surface area contributed by atoms with Gasteiger partial charge in [0.1, 0.15) is 0 Å². The molecule has 6 heteroatoms. The molecular formula is C26H54O6. The molecule has 2 atom stereocenters. The molecule has 0 aliphatic rings. The van der Waals surface area contributed by atoms with Crippen molar-refractivity contribution in [1.29, 1.82) is 0 Å². The Bertz CT molecular complexity index is 310. The van der Waals surface area contributed by atoms with Gasteiger partial charge in [0.15, 0.2) is 0 Å². The molecule has 0 aliphatic carbocycles. The summed E-state index contributed by atoms with van der Waals surface area (Å²) < 4.78 is 22.5. The van der Waals surface area contributed by atoms with Gasteiger partial charge in [-0.1, -0.05) is 90.9 Å². The van der Waals surface area contributed by atoms with Gasteiger partial charge in [-0.15, -0.1) is 0 Å². The summed E-state index contributed by atoms with van der Waals surface area (Å²) in [5, 5.41) is 18.8. The van der Waals surface area contributed by atoms with Gasteiger partial charge < -0.3 is 29.2 Å². The Balaban J connectivity index is 3.42. The average Bonchev–Trinajstić information content (AvgIpc) is 2.81. The van der Waals surface area contributed by atoms with E-state index in [1.54, 1.807) is 0 Å². The van der Waals surface area contributed by atoms with Gasteiger partial charge in [0, 0.05) is 0 Å². The second kappa shape index (κ2) is 27.0. The molecule has 0 saturated heterocycles. The zero-order valence-electron chi connectivity index (χ0n) is 21.2. The molecule has 0 rings (SSSR count). The first kappa shape index (κ1) is 31.8. The lowest BCUT2D eigenvalue weighted by molar-refractivity contribution is -0.0455. The van der Waals surface area contributed by atoms with E-state index in [9.17, 15) is 10.2 Å². The molecule has 0 saturated carbocycles. The van der Waals surface area contributed by atoms with Crippen molar-refractivity contribution in [2.24, 2.45) is 0 Å². The van der Waals surface area contributed by atoms with Crippen LogP contribution in [0.4, 0.5) is 0 Å². The standard InChI is InChI=1S/C26H54O6/c1-3-5-7-9-11-13-15-25(23-27)31-21-19-29-17-18-30-20-22-32-26(24-28)16-14-12-10-8-6-4-2/h25-28H,3-24H2,1-2H3/t25-,26-/m0/s1. The molecule has 0 aliphatic heterocycles. The second-order valence-corrected chi connectivity index (χ2v) is 8.69. The summed E-state index contributed by atoms with van der Waals surface area (Å²) in [7, 11) is 0. The summed E-state index contributed by atoms with van der Waals surface area (Å²) in [6, 6.07) is 0. The topological polar surface area (TPSA) is 77.4 Å². The van der Waals surface area contributed by atoms with Crippen LogP contribution in [0.15, 0.2) is 0 Å². The van der Waals surface area contributed by atoms with E-state index in [-0.39, 0.29) is 25.4 Å². The molecule has 0 aromatic carbocycles. The zero-order chi connectivity index (χ0) is 23.5. The van der Waals surface area contributed by atoms with Gasteiger partial charge in [-0.2, -0.15) is 0 Å². The minimum atomic E-state index is -0.0750. The van der Waals surface area contributed by atoms with Gasteiger partial charge in [0.05, 0.1) is 65.1 Å². The number of unbranched alkanes of at least 4 members (excludes halogenated alkanes) is 10. The van der Waals surface area contributed by atoms with Crippen molar-refractivity contribution in [2.45, 2.75) is 116 Å². The first-order valence-corrected chi connectivity index (χ1v) is 13.4. The van der Waals surface area contributed by atoms with E-state index in [2.05, 4.69) is 13.8 Å². The Morgan fingerprint density at radius 3 is 1.19 bits per heavy atom. The Hall–Kier alpha value is -0.240. The van der Waals surface area contributed by atoms with Gasteiger partial charge in [-0.05, 0) is 12.8 Å². The molecule has 0 radical (unpaired) electrons. The highest BCUT2D eigenvalue weighted by molar-refractivity contribution is 4.58. The Labute approximate surface area is 198 Å². The highest BCUT2D eigenvalue weighted by Gasteiger charge is 2.08. The highest BCUT2D eigenvalue weighted by Crippen LogP contribution is 2.11. The van der Waals surface area contributed by atoms with Crippen LogP contribution < -0.4 is 0 Å². The first-order chi connectivity index (χ1) is 15.8. The fraction of sp³-hybridized carbons (Fsp3) is 1.00. The zero-order valence-corrected chi connectivity index (χ0v) is 21.2. The lowest BCUT2D eigenvalue weighted by Crippen LogP contribution is -2.21. The Kier molecular flexibility index (Phi) is 26.8. The van der Waals surface area contributed by atoms with Gasteiger partial charge in [0.2, 0.25) is 0 Å². The highest BCUT2D eigenvalue weighted by atomic mass is 16.6. The molecule has 0 amide bonds. The first-order valence-electron chi connectivity index (χ1n) is 13.4. The maximum absolute atomic E-state index is 9.42. The van der Waals surface area contributed by atoms with Crippen LogP contribution in [0.3, 0.4) is 0 Å². The van der Waals surface area contributed by atoms with Crippen LogP contribution in [0.25, 0.3) is 0 Å². The minimum absolute atomic E-state index is 0.0750. The second-order valence-electron chi connectivity index (χ2n) is 8.69. The third-order valence-electron chi connectivity index (χ3n) is 5.70. The molecule has 0 heterocycles. The van der Waals surface area contributed by atoms with Crippen molar-refractivity contribution in [2.75, 3.05) is 52.9 Å². The van der Waals surface area contributed by atoms with E-state index >= 15 is 0 Å². The van der Waals surface area contributed by atoms with E-state index in [0.29, 0.717) is 39.6 Å². The normalized spacial score (nSPS) is 13.5. The average molecular weight is 463 g/mol. The monoisotopic (exact) mass is 462 g/mol. The number of rotatable bonds is 27. The van der Waals surface area contributed by atoms with Crippen LogP contribution in [-0.4, -0.2) is 75.3 Å². The van der Waals surface area contributed by atoms with Crippen LogP contribution >= 0.6 is 0 Å². The third kappa shape index (κ3) is 22.9. The molecule has 194 valence electrons. The lowest BCUT2D eigenvalue weighted by atomic mass is 10.1. The lowest BCUT2D eigenvalue weighted by Gasteiger charge is -2.16. The smallest absolute Gasteiger partial charge is 0.0806 e. The van der Waals surface area contributed by atoms with Crippen molar-refractivity contribution >= 4 is 0 Å². The number of aliphatic hydroxyl groups is 2. The minimum Gasteiger partial charge on any atom is -0.394 e.